The maximum atomic E-state index is 12.0. The van der Waals surface area contributed by atoms with Crippen LogP contribution in [-0.2, 0) is 16.1 Å². The van der Waals surface area contributed by atoms with Crippen molar-refractivity contribution < 1.29 is 9.53 Å². The molecule has 0 aromatic heterocycles. The molecule has 0 aliphatic carbocycles. The summed E-state index contributed by atoms with van der Waals surface area (Å²) in [4.78, 5) is 20.7. The van der Waals surface area contributed by atoms with Crippen LogP contribution in [0.15, 0.2) is 53.5 Å². The predicted octanol–water partition coefficient (Wildman–Crippen LogP) is 2.86. The number of hydrogen-bond donors (Lipinski definition) is 2. The van der Waals surface area contributed by atoms with Gasteiger partial charge in [0.15, 0.2) is 5.96 Å². The van der Waals surface area contributed by atoms with Crippen LogP contribution in [0.1, 0.15) is 35.6 Å². The summed E-state index contributed by atoms with van der Waals surface area (Å²) < 4.78 is 5.57. The highest BCUT2D eigenvalue weighted by Gasteiger charge is 2.23. The summed E-state index contributed by atoms with van der Waals surface area (Å²) in [5.74, 6) is 0.994. The fourth-order valence-electron chi connectivity index (χ4n) is 4.54. The Labute approximate surface area is 196 Å². The fourth-order valence-corrected chi connectivity index (χ4v) is 4.54. The molecule has 7 heteroatoms. The highest BCUT2D eigenvalue weighted by Crippen LogP contribution is 2.23. The lowest BCUT2D eigenvalue weighted by atomic mass is 10.0. The monoisotopic (exact) mass is 449 g/mol. The van der Waals surface area contributed by atoms with Gasteiger partial charge in [-0.1, -0.05) is 42.0 Å². The first kappa shape index (κ1) is 23.3. The van der Waals surface area contributed by atoms with Gasteiger partial charge in [-0.25, -0.2) is 0 Å². The van der Waals surface area contributed by atoms with Crippen LogP contribution in [0, 0.1) is 6.92 Å². The number of aliphatic imine (C=N–C) groups is 1. The molecule has 0 radical (unpaired) electrons. The molecule has 2 aliphatic rings. The van der Waals surface area contributed by atoms with E-state index in [1.165, 1.54) is 11.1 Å². The Morgan fingerprint density at radius 3 is 2.55 bits per heavy atom. The van der Waals surface area contributed by atoms with Crippen LogP contribution in [0.5, 0.6) is 0 Å². The number of guanidine groups is 1. The van der Waals surface area contributed by atoms with E-state index in [1.54, 1.807) is 7.05 Å². The number of aryl methyl sites for hydroxylation is 1. The summed E-state index contributed by atoms with van der Waals surface area (Å²) in [6, 6.07) is 17.2. The zero-order chi connectivity index (χ0) is 23.0. The Kier molecular flexibility index (Phi) is 7.96. The molecule has 2 fully saturated rings. The second kappa shape index (κ2) is 11.3. The number of nitrogens with zero attached hydrogens (tertiary/aromatic N) is 3. The molecule has 2 heterocycles. The smallest absolute Gasteiger partial charge is 0.227 e. The molecule has 176 valence electrons. The number of ether oxygens (including phenoxy) is 1. The van der Waals surface area contributed by atoms with Crippen LogP contribution in [0.3, 0.4) is 0 Å². The first-order valence-corrected chi connectivity index (χ1v) is 11.9. The van der Waals surface area contributed by atoms with Crippen molar-refractivity contribution in [2.75, 3.05) is 51.3 Å². The van der Waals surface area contributed by atoms with Crippen molar-refractivity contribution in [3.05, 3.63) is 65.2 Å². The zero-order valence-corrected chi connectivity index (χ0v) is 19.7. The number of carbonyl (C=O) groups is 1. The summed E-state index contributed by atoms with van der Waals surface area (Å²) in [6.45, 7) is 7.79. The third kappa shape index (κ3) is 6.12. The van der Waals surface area contributed by atoms with Gasteiger partial charge in [-0.15, -0.1) is 0 Å². The fraction of sp³-hybridized carbons (Fsp3) is 0.462. The average molecular weight is 450 g/mol. The third-order valence-corrected chi connectivity index (χ3v) is 6.38. The third-order valence-electron chi connectivity index (χ3n) is 6.38. The van der Waals surface area contributed by atoms with Crippen molar-refractivity contribution in [2.24, 2.45) is 4.99 Å². The highest BCUT2D eigenvalue weighted by atomic mass is 16.5. The zero-order valence-electron chi connectivity index (χ0n) is 19.7. The Hall–Kier alpha value is -2.90. The number of hydrogen-bond acceptors (Lipinski definition) is 4. The largest absolute Gasteiger partial charge is 0.379 e. The number of anilines is 1. The van der Waals surface area contributed by atoms with Gasteiger partial charge in [-0.2, -0.15) is 0 Å². The molecule has 2 N–H and O–H groups in total. The molecule has 4 rings (SSSR count). The lowest BCUT2D eigenvalue weighted by molar-refractivity contribution is -0.117. The number of morpholine rings is 1. The number of benzene rings is 2. The van der Waals surface area contributed by atoms with Crippen LogP contribution in [0.2, 0.25) is 0 Å². The summed E-state index contributed by atoms with van der Waals surface area (Å²) in [6.07, 6.45) is 1.59. The first-order valence-electron chi connectivity index (χ1n) is 11.9. The molecule has 7 nitrogen and oxygen atoms in total. The number of amides is 1. The molecule has 2 saturated heterocycles. The second-order valence-corrected chi connectivity index (χ2v) is 8.70. The lowest BCUT2D eigenvalue weighted by Gasteiger charge is -2.35. The van der Waals surface area contributed by atoms with E-state index in [4.69, 9.17) is 4.74 Å². The second-order valence-electron chi connectivity index (χ2n) is 8.70. The van der Waals surface area contributed by atoms with Crippen molar-refractivity contribution in [3.8, 4) is 0 Å². The van der Waals surface area contributed by atoms with Crippen molar-refractivity contribution in [1.82, 2.24) is 15.5 Å². The standard InChI is InChI=1S/C26H35N5O2/c1-20-5-3-6-22(17-20)24(30-13-15-33-16-14-30)19-29-26(27-2)28-18-21-8-10-23(11-9-21)31-12-4-7-25(31)32/h3,5-6,8-11,17,24H,4,7,12-16,18-19H2,1-2H3,(H2,27,28,29). The van der Waals surface area contributed by atoms with Crippen molar-refractivity contribution in [2.45, 2.75) is 32.4 Å². The van der Waals surface area contributed by atoms with Gasteiger partial charge < -0.3 is 20.3 Å². The highest BCUT2D eigenvalue weighted by molar-refractivity contribution is 5.95. The average Bonchev–Trinajstić information content (AvgIpc) is 3.28. The van der Waals surface area contributed by atoms with Crippen LogP contribution in [-0.4, -0.2) is 63.2 Å². The molecular weight excluding hydrogens is 414 g/mol. The van der Waals surface area contributed by atoms with E-state index in [0.717, 1.165) is 63.0 Å². The van der Waals surface area contributed by atoms with Gasteiger partial charge in [0.25, 0.3) is 0 Å². The number of rotatable bonds is 7. The van der Waals surface area contributed by atoms with Gasteiger partial charge >= 0.3 is 0 Å². The molecule has 33 heavy (non-hydrogen) atoms. The maximum Gasteiger partial charge on any atom is 0.227 e. The van der Waals surface area contributed by atoms with E-state index < -0.39 is 0 Å². The van der Waals surface area contributed by atoms with Gasteiger partial charge in [-0.05, 0) is 36.6 Å². The Morgan fingerprint density at radius 1 is 1.09 bits per heavy atom. The number of nitrogens with one attached hydrogen (secondary N) is 2. The Morgan fingerprint density at radius 2 is 1.88 bits per heavy atom. The van der Waals surface area contributed by atoms with Gasteiger partial charge in [-0.3, -0.25) is 14.7 Å². The van der Waals surface area contributed by atoms with E-state index in [9.17, 15) is 4.79 Å². The quantitative estimate of drug-likeness (QED) is 0.503. The van der Waals surface area contributed by atoms with E-state index in [2.05, 4.69) is 63.8 Å². The van der Waals surface area contributed by atoms with Crippen molar-refractivity contribution in [1.29, 1.82) is 0 Å². The normalized spacial score (nSPS) is 18.4. The van der Waals surface area contributed by atoms with E-state index in [-0.39, 0.29) is 11.9 Å². The molecule has 0 saturated carbocycles. The minimum absolute atomic E-state index is 0.217. The maximum absolute atomic E-state index is 12.0. The number of carbonyl (C=O) groups excluding carboxylic acids is 1. The molecular formula is C26H35N5O2. The molecule has 2 aliphatic heterocycles. The minimum Gasteiger partial charge on any atom is -0.379 e. The topological polar surface area (TPSA) is 69.2 Å². The van der Waals surface area contributed by atoms with Crippen LogP contribution >= 0.6 is 0 Å². The van der Waals surface area contributed by atoms with Crippen LogP contribution < -0.4 is 15.5 Å². The molecule has 1 unspecified atom stereocenters. The van der Waals surface area contributed by atoms with E-state index in [0.29, 0.717) is 13.0 Å². The first-order chi connectivity index (χ1) is 16.1. The molecule has 0 bridgehead atoms. The minimum atomic E-state index is 0.217. The van der Waals surface area contributed by atoms with Gasteiger partial charge in [0.1, 0.15) is 0 Å². The van der Waals surface area contributed by atoms with E-state index >= 15 is 0 Å². The van der Waals surface area contributed by atoms with Gasteiger partial charge in [0, 0.05) is 51.9 Å². The molecule has 1 amide bonds. The summed E-state index contributed by atoms with van der Waals surface area (Å²) >= 11 is 0. The summed E-state index contributed by atoms with van der Waals surface area (Å²) in [7, 11) is 1.80. The molecule has 2 aromatic carbocycles. The summed E-state index contributed by atoms with van der Waals surface area (Å²) in [5.41, 5.74) is 4.71. The summed E-state index contributed by atoms with van der Waals surface area (Å²) in [5, 5.41) is 6.94. The van der Waals surface area contributed by atoms with Gasteiger partial charge in [0.05, 0.1) is 19.3 Å². The molecule has 1 atom stereocenters. The Balaban J connectivity index is 1.34. The molecule has 2 aromatic rings. The van der Waals surface area contributed by atoms with E-state index in [1.807, 2.05) is 17.0 Å². The van der Waals surface area contributed by atoms with Gasteiger partial charge in [0.2, 0.25) is 5.91 Å². The lowest BCUT2D eigenvalue weighted by Crippen LogP contribution is -2.46. The van der Waals surface area contributed by atoms with Crippen LogP contribution in [0.4, 0.5) is 5.69 Å². The SMILES string of the molecule is CN=C(NCc1ccc(N2CCCC2=O)cc1)NCC(c1cccc(C)c1)N1CCOCC1. The molecule has 0 spiro atoms. The predicted molar refractivity (Wildman–Crippen MR) is 133 cm³/mol. The van der Waals surface area contributed by atoms with Crippen LogP contribution in [0.25, 0.3) is 0 Å². The Bertz CT molecular complexity index is 953. The van der Waals surface area contributed by atoms with Crippen molar-refractivity contribution >= 4 is 17.6 Å². The van der Waals surface area contributed by atoms with Crippen molar-refractivity contribution in [3.63, 3.8) is 0 Å².